The molecule has 0 heterocycles. The maximum atomic E-state index is 2.49. The fraction of sp³-hybridized carbons (Fsp3) is 0.0270. The van der Waals surface area contributed by atoms with Gasteiger partial charge in [0, 0.05) is 17.1 Å². The molecule has 12 aromatic rings. The Kier molecular flexibility index (Phi) is 8.94. The van der Waals surface area contributed by atoms with E-state index in [-0.39, 0.29) is 0 Å². The van der Waals surface area contributed by atoms with Gasteiger partial charge < -0.3 is 4.90 Å². The van der Waals surface area contributed by atoms with Crippen LogP contribution in [0.2, 0.25) is 0 Å². The second kappa shape index (κ2) is 16.0. The number of nitrogens with zero attached hydrogens (tertiary/aromatic N) is 1. The van der Waals surface area contributed by atoms with Gasteiger partial charge in [0.1, 0.15) is 0 Å². The molecule has 4 aliphatic carbocycles. The Morgan fingerprint density at radius 3 is 0.827 bits per heavy atom. The summed E-state index contributed by atoms with van der Waals surface area (Å²) in [5, 5.41) is 0. The van der Waals surface area contributed by atoms with Crippen molar-refractivity contribution in [2.75, 3.05) is 4.90 Å². The van der Waals surface area contributed by atoms with Crippen molar-refractivity contribution in [3.8, 4) is 77.9 Å². The van der Waals surface area contributed by atoms with Gasteiger partial charge in [0.15, 0.2) is 0 Å². The molecule has 0 fully saturated rings. The van der Waals surface area contributed by atoms with E-state index in [0.717, 1.165) is 17.1 Å². The quantitative estimate of drug-likeness (QED) is 0.161. The zero-order valence-electron chi connectivity index (χ0n) is 41.1. The third-order valence-electron chi connectivity index (χ3n) is 17.1. The molecule has 0 radical (unpaired) electrons. The van der Waals surface area contributed by atoms with E-state index in [9.17, 15) is 0 Å². The highest BCUT2D eigenvalue weighted by atomic mass is 15.1. The summed E-state index contributed by atoms with van der Waals surface area (Å²) in [6.45, 7) is 0. The highest BCUT2D eigenvalue weighted by molar-refractivity contribution is 5.98. The molecule has 0 aliphatic heterocycles. The summed E-state index contributed by atoms with van der Waals surface area (Å²) in [6, 6.07) is 107. The molecule has 4 aliphatic rings. The Morgan fingerprint density at radius 2 is 0.453 bits per heavy atom. The van der Waals surface area contributed by atoms with Crippen molar-refractivity contribution in [1.29, 1.82) is 0 Å². The van der Waals surface area contributed by atoms with Gasteiger partial charge in [0.2, 0.25) is 0 Å². The van der Waals surface area contributed by atoms with Gasteiger partial charge in [-0.15, -0.1) is 0 Å². The molecule has 0 aromatic heterocycles. The molecule has 0 saturated heterocycles. The van der Waals surface area contributed by atoms with Gasteiger partial charge >= 0.3 is 0 Å². The molecule has 0 bridgehead atoms. The van der Waals surface area contributed by atoms with Crippen molar-refractivity contribution in [2.24, 2.45) is 0 Å². The molecule has 75 heavy (non-hydrogen) atoms. The van der Waals surface area contributed by atoms with E-state index in [0.29, 0.717) is 0 Å². The lowest BCUT2D eigenvalue weighted by atomic mass is 9.70. The van der Waals surface area contributed by atoms with Crippen LogP contribution >= 0.6 is 0 Å². The minimum Gasteiger partial charge on any atom is -0.310 e. The molecule has 1 nitrogen and oxygen atoms in total. The largest absolute Gasteiger partial charge is 0.310 e. The summed E-state index contributed by atoms with van der Waals surface area (Å²) in [7, 11) is 0. The van der Waals surface area contributed by atoms with Gasteiger partial charge in [-0.1, -0.05) is 237 Å². The van der Waals surface area contributed by atoms with Crippen LogP contribution in [0.1, 0.15) is 44.5 Å². The number of hydrogen-bond donors (Lipinski definition) is 0. The second-order valence-electron chi connectivity index (χ2n) is 20.6. The Balaban J connectivity index is 0.849. The highest BCUT2D eigenvalue weighted by Crippen LogP contribution is 2.65. The number of anilines is 3. The molecule has 348 valence electrons. The van der Waals surface area contributed by atoms with Crippen molar-refractivity contribution >= 4 is 17.1 Å². The predicted molar refractivity (Wildman–Crippen MR) is 310 cm³/mol. The maximum Gasteiger partial charge on any atom is 0.0725 e. The van der Waals surface area contributed by atoms with Crippen LogP contribution < -0.4 is 4.90 Å². The molecule has 1 heteroatoms. The first kappa shape index (κ1) is 42.0. The maximum absolute atomic E-state index is 2.49. The molecule has 12 aromatic carbocycles. The molecule has 0 saturated carbocycles. The average molecular weight is 950 g/mol. The summed E-state index contributed by atoms with van der Waals surface area (Å²) in [6.07, 6.45) is 0. The summed E-state index contributed by atoms with van der Waals surface area (Å²) < 4.78 is 0. The van der Waals surface area contributed by atoms with Crippen molar-refractivity contribution < 1.29 is 0 Å². The summed E-state index contributed by atoms with van der Waals surface area (Å²) in [5.74, 6) is 0. The van der Waals surface area contributed by atoms with Gasteiger partial charge in [-0.25, -0.2) is 0 Å². The smallest absolute Gasteiger partial charge is 0.0725 e. The van der Waals surface area contributed by atoms with Crippen molar-refractivity contribution in [1.82, 2.24) is 0 Å². The standard InChI is InChI=1S/C74H47N/c1-2-18-48(19-3-1)49-36-40-54(41-37-49)75(55-22-16-20-50(44-55)52-38-42-63-61-28-8-14-34-69(61)73(71(63)46-52)65-30-10-4-24-57(65)58-25-5-11-31-66(58)73)56-23-17-21-51(45-56)53-39-43-64-62-29-9-15-35-70(62)74(72(64)47-53)67-32-12-6-26-59(67)60-27-7-13-33-68(60)74/h1-47H. The van der Waals surface area contributed by atoms with Gasteiger partial charge in [-0.2, -0.15) is 0 Å². The van der Waals surface area contributed by atoms with Crippen LogP contribution in [0.4, 0.5) is 17.1 Å². The molecular formula is C74H47N. The van der Waals surface area contributed by atoms with Crippen LogP contribution in [-0.2, 0) is 10.8 Å². The minimum atomic E-state index is -0.412. The molecule has 0 unspecified atom stereocenters. The summed E-state index contributed by atoms with van der Waals surface area (Å²) >= 11 is 0. The topological polar surface area (TPSA) is 3.24 Å². The van der Waals surface area contributed by atoms with E-state index in [2.05, 4.69) is 290 Å². The van der Waals surface area contributed by atoms with E-state index in [1.165, 1.54) is 122 Å². The second-order valence-corrected chi connectivity index (χ2v) is 20.6. The van der Waals surface area contributed by atoms with Crippen LogP contribution in [0, 0.1) is 0 Å². The average Bonchev–Trinajstić information content (AvgIpc) is 4.37. The summed E-state index contributed by atoms with van der Waals surface area (Å²) in [5.41, 5.74) is 30.9. The third-order valence-corrected chi connectivity index (χ3v) is 17.1. The first-order chi connectivity index (χ1) is 37.2. The predicted octanol–water partition coefficient (Wildman–Crippen LogP) is 18.8. The zero-order chi connectivity index (χ0) is 49.2. The van der Waals surface area contributed by atoms with E-state index in [1.54, 1.807) is 0 Å². The van der Waals surface area contributed by atoms with E-state index >= 15 is 0 Å². The van der Waals surface area contributed by atoms with Crippen LogP contribution in [-0.4, -0.2) is 0 Å². The van der Waals surface area contributed by atoms with Gasteiger partial charge in [0.25, 0.3) is 0 Å². The zero-order valence-corrected chi connectivity index (χ0v) is 41.1. The first-order valence-corrected chi connectivity index (χ1v) is 26.2. The van der Waals surface area contributed by atoms with Gasteiger partial charge in [0.05, 0.1) is 10.8 Å². The molecule has 2 spiro atoms. The number of benzene rings is 12. The third kappa shape index (κ3) is 5.78. The highest BCUT2D eigenvalue weighted by Gasteiger charge is 2.53. The monoisotopic (exact) mass is 949 g/mol. The molecule has 0 amide bonds. The van der Waals surface area contributed by atoms with Crippen molar-refractivity contribution in [2.45, 2.75) is 10.8 Å². The van der Waals surface area contributed by atoms with Crippen LogP contribution in [0.25, 0.3) is 77.9 Å². The normalized spacial score (nSPS) is 13.8. The van der Waals surface area contributed by atoms with Crippen LogP contribution in [0.15, 0.2) is 285 Å². The van der Waals surface area contributed by atoms with Crippen molar-refractivity contribution in [3.63, 3.8) is 0 Å². The van der Waals surface area contributed by atoms with Crippen molar-refractivity contribution in [3.05, 3.63) is 330 Å². The van der Waals surface area contributed by atoms with Gasteiger partial charge in [-0.05, 0) is 171 Å². The molecule has 0 atom stereocenters. The Bertz CT molecular complexity index is 3950. The molecular weight excluding hydrogens is 903 g/mol. The first-order valence-electron chi connectivity index (χ1n) is 26.2. The van der Waals surface area contributed by atoms with Crippen LogP contribution in [0.3, 0.4) is 0 Å². The van der Waals surface area contributed by atoms with E-state index in [1.807, 2.05) is 0 Å². The fourth-order valence-corrected chi connectivity index (χ4v) is 14.1. The van der Waals surface area contributed by atoms with E-state index in [4.69, 9.17) is 0 Å². The number of rotatable bonds is 6. The number of fused-ring (bicyclic) bond motifs is 20. The fourth-order valence-electron chi connectivity index (χ4n) is 14.1. The Labute approximate surface area is 438 Å². The lowest BCUT2D eigenvalue weighted by molar-refractivity contribution is 0.794. The lowest BCUT2D eigenvalue weighted by Gasteiger charge is -2.31. The Morgan fingerprint density at radius 1 is 0.173 bits per heavy atom. The van der Waals surface area contributed by atoms with Crippen LogP contribution in [0.5, 0.6) is 0 Å². The Hall–Kier alpha value is -9.56. The van der Waals surface area contributed by atoms with Gasteiger partial charge in [-0.3, -0.25) is 0 Å². The molecule has 16 rings (SSSR count). The summed E-state index contributed by atoms with van der Waals surface area (Å²) in [4.78, 5) is 2.43. The SMILES string of the molecule is c1ccc(-c2ccc(N(c3cccc(-c4ccc5c(c4)C4(c6ccccc6-c6ccccc64)c4ccccc4-5)c3)c3cccc(-c4ccc5c(c4)C4(c6ccccc6-c6ccccc64)c4ccccc4-5)c3)cc2)cc1. The lowest BCUT2D eigenvalue weighted by Crippen LogP contribution is -2.25. The minimum absolute atomic E-state index is 0.412. The van der Waals surface area contributed by atoms with E-state index < -0.39 is 10.8 Å². The number of hydrogen-bond acceptors (Lipinski definition) is 1. The molecule has 0 N–H and O–H groups in total.